The third-order valence-corrected chi connectivity index (χ3v) is 3.47. The van der Waals surface area contributed by atoms with Gasteiger partial charge in [-0.1, -0.05) is 48.5 Å². The first-order valence-electron chi connectivity index (χ1n) is 7.03. The standard InChI is InChI=1S/C18H14N2O3/c21-16-14-9-5-4-6-12(14)10-11-15(16)18(23)20-19-17(22)13-7-2-1-3-8-13/h1-11,21H,(H,19,22)(H,20,23). The van der Waals surface area contributed by atoms with Crippen LogP contribution in [0.5, 0.6) is 5.75 Å². The van der Waals surface area contributed by atoms with Crippen LogP contribution in [0.3, 0.4) is 0 Å². The van der Waals surface area contributed by atoms with E-state index in [1.54, 1.807) is 48.5 Å². The monoisotopic (exact) mass is 306 g/mol. The summed E-state index contributed by atoms with van der Waals surface area (Å²) in [6.45, 7) is 0. The van der Waals surface area contributed by atoms with E-state index in [0.29, 0.717) is 10.9 Å². The quantitative estimate of drug-likeness (QED) is 0.637. The van der Waals surface area contributed by atoms with E-state index in [1.807, 2.05) is 12.1 Å². The van der Waals surface area contributed by atoms with Crippen molar-refractivity contribution in [3.63, 3.8) is 0 Å². The minimum atomic E-state index is -0.586. The van der Waals surface area contributed by atoms with Gasteiger partial charge >= 0.3 is 0 Å². The summed E-state index contributed by atoms with van der Waals surface area (Å²) in [7, 11) is 0. The zero-order valence-corrected chi connectivity index (χ0v) is 12.1. The summed E-state index contributed by atoms with van der Waals surface area (Å²) in [5.41, 5.74) is 5.15. The van der Waals surface area contributed by atoms with E-state index in [-0.39, 0.29) is 11.3 Å². The molecule has 3 aromatic carbocycles. The van der Waals surface area contributed by atoms with Crippen molar-refractivity contribution in [3.8, 4) is 5.75 Å². The molecule has 0 atom stereocenters. The van der Waals surface area contributed by atoms with Crippen molar-refractivity contribution < 1.29 is 14.7 Å². The number of benzene rings is 3. The molecule has 5 heteroatoms. The maximum absolute atomic E-state index is 12.2. The maximum atomic E-state index is 12.2. The molecule has 2 amide bonds. The Labute approximate surface area is 132 Å². The second-order valence-electron chi connectivity index (χ2n) is 4.96. The number of aromatic hydroxyl groups is 1. The van der Waals surface area contributed by atoms with Crippen molar-refractivity contribution in [2.75, 3.05) is 0 Å². The van der Waals surface area contributed by atoms with Gasteiger partial charge in [0.25, 0.3) is 11.8 Å². The highest BCUT2D eigenvalue weighted by Gasteiger charge is 2.14. The molecule has 0 bridgehead atoms. The Morgan fingerprint density at radius 2 is 1.39 bits per heavy atom. The van der Waals surface area contributed by atoms with Crippen molar-refractivity contribution in [3.05, 3.63) is 77.9 Å². The first-order chi connectivity index (χ1) is 11.2. The molecule has 114 valence electrons. The number of hydrazine groups is 1. The van der Waals surface area contributed by atoms with Crippen LogP contribution in [0, 0.1) is 0 Å². The SMILES string of the molecule is O=C(NNC(=O)c1ccc2ccccc2c1O)c1ccccc1. The van der Waals surface area contributed by atoms with Crippen molar-refractivity contribution >= 4 is 22.6 Å². The van der Waals surface area contributed by atoms with E-state index in [1.165, 1.54) is 6.07 Å². The first-order valence-corrected chi connectivity index (χ1v) is 7.03. The van der Waals surface area contributed by atoms with E-state index >= 15 is 0 Å². The van der Waals surface area contributed by atoms with Crippen molar-refractivity contribution in [1.29, 1.82) is 0 Å². The number of phenolic OH excluding ortho intramolecular Hbond substituents is 1. The Hall–Kier alpha value is -3.34. The number of nitrogens with one attached hydrogen (secondary N) is 2. The van der Waals surface area contributed by atoms with Gasteiger partial charge in [-0.2, -0.15) is 0 Å². The van der Waals surface area contributed by atoms with Crippen LogP contribution < -0.4 is 10.9 Å². The Kier molecular flexibility index (Phi) is 3.93. The minimum absolute atomic E-state index is 0.0945. The fourth-order valence-corrected chi connectivity index (χ4v) is 2.28. The third kappa shape index (κ3) is 2.98. The predicted molar refractivity (Wildman–Crippen MR) is 87.0 cm³/mol. The summed E-state index contributed by atoms with van der Waals surface area (Å²) in [6, 6.07) is 19.0. The molecule has 0 radical (unpaired) electrons. The molecule has 23 heavy (non-hydrogen) atoms. The molecule has 0 fully saturated rings. The minimum Gasteiger partial charge on any atom is -0.506 e. The van der Waals surface area contributed by atoms with Crippen LogP contribution in [0.15, 0.2) is 66.7 Å². The zero-order chi connectivity index (χ0) is 16.2. The Morgan fingerprint density at radius 1 is 0.739 bits per heavy atom. The Morgan fingerprint density at radius 3 is 2.17 bits per heavy atom. The zero-order valence-electron chi connectivity index (χ0n) is 12.1. The summed E-state index contributed by atoms with van der Waals surface area (Å²) >= 11 is 0. The number of amides is 2. The van der Waals surface area contributed by atoms with Crippen LogP contribution in [0.1, 0.15) is 20.7 Å². The molecule has 0 aliphatic heterocycles. The first kappa shape index (κ1) is 14.6. The van der Waals surface area contributed by atoms with Gasteiger partial charge < -0.3 is 5.11 Å². The second-order valence-corrected chi connectivity index (χ2v) is 4.96. The van der Waals surface area contributed by atoms with Gasteiger partial charge in [-0.05, 0) is 23.6 Å². The van der Waals surface area contributed by atoms with E-state index in [0.717, 1.165) is 5.39 Å². The molecule has 0 spiro atoms. The van der Waals surface area contributed by atoms with Gasteiger partial charge in [-0.25, -0.2) is 0 Å². The lowest BCUT2D eigenvalue weighted by molar-refractivity contribution is 0.0845. The third-order valence-electron chi connectivity index (χ3n) is 3.47. The lowest BCUT2D eigenvalue weighted by atomic mass is 10.1. The van der Waals surface area contributed by atoms with E-state index in [9.17, 15) is 14.7 Å². The average Bonchev–Trinajstić information content (AvgIpc) is 2.60. The molecular weight excluding hydrogens is 292 g/mol. The topological polar surface area (TPSA) is 78.4 Å². The number of rotatable bonds is 2. The van der Waals surface area contributed by atoms with Crippen molar-refractivity contribution in [2.24, 2.45) is 0 Å². The van der Waals surface area contributed by atoms with Gasteiger partial charge in [-0.15, -0.1) is 0 Å². The average molecular weight is 306 g/mol. The highest BCUT2D eigenvalue weighted by atomic mass is 16.3. The van der Waals surface area contributed by atoms with E-state index < -0.39 is 11.8 Å². The van der Waals surface area contributed by atoms with Crippen LogP contribution >= 0.6 is 0 Å². The summed E-state index contributed by atoms with van der Waals surface area (Å²) in [5.74, 6) is -1.13. The smallest absolute Gasteiger partial charge is 0.273 e. The number of carbonyl (C=O) groups excluding carboxylic acids is 2. The summed E-state index contributed by atoms with van der Waals surface area (Å²) < 4.78 is 0. The number of carbonyl (C=O) groups is 2. The fraction of sp³-hybridized carbons (Fsp3) is 0. The summed E-state index contributed by atoms with van der Waals surface area (Å²) in [5, 5.41) is 11.6. The van der Waals surface area contributed by atoms with Crippen LogP contribution in [0.25, 0.3) is 10.8 Å². The summed E-state index contributed by atoms with van der Waals surface area (Å²) in [6.07, 6.45) is 0. The molecule has 0 aliphatic rings. The Bertz CT molecular complexity index is 876. The largest absolute Gasteiger partial charge is 0.506 e. The van der Waals surface area contributed by atoms with Gasteiger partial charge in [0.05, 0.1) is 5.56 Å². The predicted octanol–water partition coefficient (Wildman–Crippen LogP) is 2.62. The fourth-order valence-electron chi connectivity index (χ4n) is 2.28. The van der Waals surface area contributed by atoms with Gasteiger partial charge in [0.2, 0.25) is 0 Å². The Balaban J connectivity index is 1.76. The molecule has 0 aliphatic carbocycles. The number of phenols is 1. The normalized spacial score (nSPS) is 10.3. The van der Waals surface area contributed by atoms with Crippen LogP contribution in [0.4, 0.5) is 0 Å². The molecule has 3 aromatic rings. The lowest BCUT2D eigenvalue weighted by Crippen LogP contribution is -2.41. The van der Waals surface area contributed by atoms with Crippen molar-refractivity contribution in [1.82, 2.24) is 10.9 Å². The van der Waals surface area contributed by atoms with E-state index in [4.69, 9.17) is 0 Å². The van der Waals surface area contributed by atoms with Crippen LogP contribution in [-0.2, 0) is 0 Å². The number of hydrogen-bond acceptors (Lipinski definition) is 3. The maximum Gasteiger partial charge on any atom is 0.273 e. The molecule has 0 aromatic heterocycles. The van der Waals surface area contributed by atoms with Gasteiger partial charge in [0.1, 0.15) is 5.75 Å². The lowest BCUT2D eigenvalue weighted by Gasteiger charge is -2.10. The number of hydrogen-bond donors (Lipinski definition) is 3. The highest BCUT2D eigenvalue weighted by Crippen LogP contribution is 2.28. The van der Waals surface area contributed by atoms with Crippen LogP contribution in [-0.4, -0.2) is 16.9 Å². The molecule has 0 unspecified atom stereocenters. The van der Waals surface area contributed by atoms with Crippen LogP contribution in [0.2, 0.25) is 0 Å². The highest BCUT2D eigenvalue weighted by molar-refractivity contribution is 6.04. The number of fused-ring (bicyclic) bond motifs is 1. The van der Waals surface area contributed by atoms with Crippen molar-refractivity contribution in [2.45, 2.75) is 0 Å². The molecular formula is C18H14N2O3. The molecule has 5 nitrogen and oxygen atoms in total. The van der Waals surface area contributed by atoms with Gasteiger partial charge in [0.15, 0.2) is 0 Å². The molecule has 0 heterocycles. The molecule has 3 rings (SSSR count). The summed E-state index contributed by atoms with van der Waals surface area (Å²) in [4.78, 5) is 24.0. The second kappa shape index (κ2) is 6.19. The molecule has 0 saturated heterocycles. The van der Waals surface area contributed by atoms with E-state index in [2.05, 4.69) is 10.9 Å². The van der Waals surface area contributed by atoms with Gasteiger partial charge in [-0.3, -0.25) is 20.4 Å². The molecule has 3 N–H and O–H groups in total. The van der Waals surface area contributed by atoms with Gasteiger partial charge in [0, 0.05) is 10.9 Å². The molecule has 0 saturated carbocycles.